The van der Waals surface area contributed by atoms with Crippen LogP contribution in [0.1, 0.15) is 18.4 Å². The van der Waals surface area contributed by atoms with Crippen LogP contribution in [0.2, 0.25) is 0 Å². The van der Waals surface area contributed by atoms with Gasteiger partial charge in [0.2, 0.25) is 5.88 Å². The lowest BCUT2D eigenvalue weighted by molar-refractivity contribution is 0.460. The fourth-order valence-corrected chi connectivity index (χ4v) is 2.68. The minimum Gasteiger partial charge on any atom is -0.439 e. The molecule has 2 heterocycles. The summed E-state index contributed by atoms with van der Waals surface area (Å²) >= 11 is 0. The van der Waals surface area contributed by atoms with Crippen LogP contribution in [-0.4, -0.2) is 36.0 Å². The first-order valence-corrected chi connectivity index (χ1v) is 8.08. The Balaban J connectivity index is 1.61. The van der Waals surface area contributed by atoms with Gasteiger partial charge < -0.3 is 15.0 Å². The first-order chi connectivity index (χ1) is 11.7. The first kappa shape index (κ1) is 16.2. The van der Waals surface area contributed by atoms with Gasteiger partial charge in [-0.25, -0.2) is 9.37 Å². The highest BCUT2D eigenvalue weighted by atomic mass is 19.1. The zero-order valence-corrected chi connectivity index (χ0v) is 13.7. The summed E-state index contributed by atoms with van der Waals surface area (Å²) in [5.74, 6) is 1.67. The number of likely N-dealkylation sites (tertiary alicyclic amines) is 1. The lowest BCUT2D eigenvalue weighted by atomic mass is 10.2. The Morgan fingerprint density at radius 2 is 2.00 bits per heavy atom. The number of aliphatic imine (C=N–C) groups is 1. The van der Waals surface area contributed by atoms with Crippen LogP contribution in [0.15, 0.2) is 47.6 Å². The molecule has 0 radical (unpaired) electrons. The smallest absolute Gasteiger partial charge is 0.219 e. The Kier molecular flexibility index (Phi) is 5.25. The topological polar surface area (TPSA) is 49.8 Å². The van der Waals surface area contributed by atoms with Crippen LogP contribution in [0.5, 0.6) is 11.6 Å². The third-order valence-corrected chi connectivity index (χ3v) is 3.90. The summed E-state index contributed by atoms with van der Waals surface area (Å²) in [7, 11) is 1.80. The zero-order valence-electron chi connectivity index (χ0n) is 13.7. The first-order valence-electron chi connectivity index (χ1n) is 8.08. The molecule has 1 aromatic carbocycles. The number of aromatic nitrogens is 1. The van der Waals surface area contributed by atoms with Gasteiger partial charge in [0.15, 0.2) is 5.96 Å². The summed E-state index contributed by atoms with van der Waals surface area (Å²) in [6.45, 7) is 2.75. The van der Waals surface area contributed by atoms with E-state index in [-0.39, 0.29) is 5.82 Å². The Bertz CT molecular complexity index is 696. The van der Waals surface area contributed by atoms with Crippen LogP contribution >= 0.6 is 0 Å². The molecular weight excluding hydrogens is 307 g/mol. The van der Waals surface area contributed by atoms with Gasteiger partial charge in [-0.1, -0.05) is 0 Å². The number of nitrogens with zero attached hydrogens (tertiary/aromatic N) is 3. The molecule has 0 unspecified atom stereocenters. The standard InChI is InChI=1S/C18H21FN4O/c1-20-18(23-10-2-3-11-23)22-13-14-8-9-21-17(12-14)24-16-6-4-15(19)5-7-16/h4-9,12H,2-3,10-11,13H2,1H3,(H,20,22). The maximum absolute atomic E-state index is 12.9. The molecule has 126 valence electrons. The molecule has 5 nitrogen and oxygen atoms in total. The van der Waals surface area contributed by atoms with Gasteiger partial charge in [0.1, 0.15) is 11.6 Å². The van der Waals surface area contributed by atoms with Gasteiger partial charge in [-0.15, -0.1) is 0 Å². The molecule has 1 aliphatic rings. The van der Waals surface area contributed by atoms with Crippen LogP contribution < -0.4 is 10.1 Å². The van der Waals surface area contributed by atoms with Crippen molar-refractivity contribution in [1.82, 2.24) is 15.2 Å². The average molecular weight is 328 g/mol. The van der Waals surface area contributed by atoms with E-state index in [1.807, 2.05) is 12.1 Å². The minimum absolute atomic E-state index is 0.290. The highest BCUT2D eigenvalue weighted by molar-refractivity contribution is 5.80. The number of halogens is 1. The molecule has 1 aliphatic heterocycles. The van der Waals surface area contributed by atoms with Crippen molar-refractivity contribution in [3.8, 4) is 11.6 Å². The second-order valence-corrected chi connectivity index (χ2v) is 5.65. The van der Waals surface area contributed by atoms with E-state index in [1.54, 1.807) is 25.4 Å². The Labute approximate surface area is 141 Å². The molecule has 0 saturated carbocycles. The summed E-state index contributed by atoms with van der Waals surface area (Å²) in [4.78, 5) is 10.8. The predicted octanol–water partition coefficient (Wildman–Crippen LogP) is 3.18. The highest BCUT2D eigenvalue weighted by Gasteiger charge is 2.15. The third kappa shape index (κ3) is 4.22. The SMILES string of the molecule is CN=C(NCc1ccnc(Oc2ccc(F)cc2)c1)N1CCCC1. The molecule has 1 N–H and O–H groups in total. The van der Waals surface area contributed by atoms with E-state index in [1.165, 1.54) is 25.0 Å². The largest absolute Gasteiger partial charge is 0.439 e. The molecule has 0 bridgehead atoms. The molecular formula is C18H21FN4O. The maximum Gasteiger partial charge on any atom is 0.219 e. The molecule has 6 heteroatoms. The van der Waals surface area contributed by atoms with Gasteiger partial charge in [0.05, 0.1) is 0 Å². The fourth-order valence-electron chi connectivity index (χ4n) is 2.68. The van der Waals surface area contributed by atoms with Gasteiger partial charge in [0, 0.05) is 38.9 Å². The highest BCUT2D eigenvalue weighted by Crippen LogP contribution is 2.20. The molecule has 0 atom stereocenters. The van der Waals surface area contributed by atoms with Crippen molar-refractivity contribution >= 4 is 5.96 Å². The normalized spacial score (nSPS) is 14.8. The van der Waals surface area contributed by atoms with Gasteiger partial charge in [-0.05, 0) is 48.7 Å². The number of guanidine groups is 1. The molecule has 1 aromatic heterocycles. The van der Waals surface area contributed by atoms with E-state index in [0.29, 0.717) is 18.2 Å². The molecule has 1 fully saturated rings. The van der Waals surface area contributed by atoms with Gasteiger partial charge in [0.25, 0.3) is 0 Å². The fraction of sp³-hybridized carbons (Fsp3) is 0.333. The molecule has 24 heavy (non-hydrogen) atoms. The number of nitrogens with one attached hydrogen (secondary N) is 1. The van der Waals surface area contributed by atoms with Crippen molar-refractivity contribution in [2.75, 3.05) is 20.1 Å². The average Bonchev–Trinajstić information content (AvgIpc) is 3.12. The van der Waals surface area contributed by atoms with Crippen LogP contribution in [0.25, 0.3) is 0 Å². The number of benzene rings is 1. The third-order valence-electron chi connectivity index (χ3n) is 3.90. The number of hydrogen-bond donors (Lipinski definition) is 1. The summed E-state index contributed by atoms with van der Waals surface area (Å²) in [6, 6.07) is 9.69. The lowest BCUT2D eigenvalue weighted by Gasteiger charge is -2.20. The minimum atomic E-state index is -0.290. The number of hydrogen-bond acceptors (Lipinski definition) is 3. The number of ether oxygens (including phenoxy) is 1. The van der Waals surface area contributed by atoms with Gasteiger partial charge >= 0.3 is 0 Å². The van der Waals surface area contributed by atoms with E-state index in [9.17, 15) is 4.39 Å². The van der Waals surface area contributed by atoms with E-state index >= 15 is 0 Å². The summed E-state index contributed by atoms with van der Waals surface area (Å²) in [5, 5.41) is 3.37. The van der Waals surface area contributed by atoms with E-state index in [4.69, 9.17) is 4.74 Å². The monoisotopic (exact) mass is 328 g/mol. The maximum atomic E-state index is 12.9. The second kappa shape index (κ2) is 7.77. The second-order valence-electron chi connectivity index (χ2n) is 5.65. The van der Waals surface area contributed by atoms with Gasteiger partial charge in [-0.2, -0.15) is 0 Å². The van der Waals surface area contributed by atoms with Crippen molar-refractivity contribution in [2.24, 2.45) is 4.99 Å². The number of pyridine rings is 1. The van der Waals surface area contributed by atoms with Crippen LogP contribution in [0, 0.1) is 5.82 Å². The molecule has 0 aliphatic carbocycles. The molecule has 0 spiro atoms. The molecule has 1 saturated heterocycles. The quantitative estimate of drug-likeness (QED) is 0.692. The van der Waals surface area contributed by atoms with Crippen LogP contribution in [0.4, 0.5) is 4.39 Å². The lowest BCUT2D eigenvalue weighted by Crippen LogP contribution is -2.39. The van der Waals surface area contributed by atoms with Gasteiger partial charge in [-0.3, -0.25) is 4.99 Å². The zero-order chi connectivity index (χ0) is 16.8. The Morgan fingerprint density at radius 1 is 1.25 bits per heavy atom. The van der Waals surface area contributed by atoms with Crippen LogP contribution in [-0.2, 0) is 6.54 Å². The Hall–Kier alpha value is -2.63. The van der Waals surface area contributed by atoms with E-state index in [2.05, 4.69) is 20.2 Å². The summed E-state index contributed by atoms with van der Waals surface area (Å²) < 4.78 is 18.6. The molecule has 2 aromatic rings. The molecule has 0 amide bonds. The van der Waals surface area contributed by atoms with Crippen molar-refractivity contribution in [2.45, 2.75) is 19.4 Å². The predicted molar refractivity (Wildman–Crippen MR) is 91.7 cm³/mol. The van der Waals surface area contributed by atoms with Crippen molar-refractivity contribution in [3.63, 3.8) is 0 Å². The molecule has 3 rings (SSSR count). The Morgan fingerprint density at radius 3 is 2.71 bits per heavy atom. The summed E-state index contributed by atoms with van der Waals surface area (Å²) in [5.41, 5.74) is 1.04. The van der Waals surface area contributed by atoms with Crippen molar-refractivity contribution in [1.29, 1.82) is 0 Å². The van der Waals surface area contributed by atoms with E-state index in [0.717, 1.165) is 24.6 Å². The van der Waals surface area contributed by atoms with Crippen molar-refractivity contribution < 1.29 is 9.13 Å². The van der Waals surface area contributed by atoms with Crippen LogP contribution in [0.3, 0.4) is 0 Å². The summed E-state index contributed by atoms with van der Waals surface area (Å²) in [6.07, 6.45) is 4.13. The number of rotatable bonds is 4. The van der Waals surface area contributed by atoms with Crippen molar-refractivity contribution in [3.05, 3.63) is 54.0 Å². The van der Waals surface area contributed by atoms with E-state index < -0.39 is 0 Å².